The van der Waals surface area contributed by atoms with E-state index in [1.807, 2.05) is 54.4 Å². The summed E-state index contributed by atoms with van der Waals surface area (Å²) in [6.45, 7) is 0.697. The molecule has 0 aliphatic heterocycles. The van der Waals surface area contributed by atoms with Crippen LogP contribution >= 0.6 is 22.9 Å². The quantitative estimate of drug-likeness (QED) is 0.554. The number of pyridine rings is 1. The first kappa shape index (κ1) is 18.6. The van der Waals surface area contributed by atoms with E-state index >= 15 is 0 Å². The van der Waals surface area contributed by atoms with Crippen LogP contribution < -0.4 is 4.80 Å². The Labute approximate surface area is 170 Å². The zero-order valence-electron chi connectivity index (χ0n) is 15.4. The van der Waals surface area contributed by atoms with Crippen molar-refractivity contribution in [2.75, 3.05) is 14.1 Å². The van der Waals surface area contributed by atoms with Gasteiger partial charge in [0.05, 0.1) is 16.3 Å². The minimum absolute atomic E-state index is 0.321. The molecule has 4 aromatic rings. The van der Waals surface area contributed by atoms with E-state index < -0.39 is 0 Å². The van der Waals surface area contributed by atoms with Gasteiger partial charge in [0.1, 0.15) is 5.65 Å². The zero-order valence-corrected chi connectivity index (χ0v) is 17.0. The third-order valence-corrected chi connectivity index (χ3v) is 5.42. The number of aromatic amines is 1. The molecule has 28 heavy (non-hydrogen) atoms. The second-order valence-electron chi connectivity index (χ2n) is 6.55. The van der Waals surface area contributed by atoms with Crippen molar-refractivity contribution in [2.45, 2.75) is 6.54 Å². The van der Waals surface area contributed by atoms with Gasteiger partial charge in [0.2, 0.25) is 0 Å². The second kappa shape index (κ2) is 7.71. The number of carbonyl (C=O) groups excluding carboxylic acids is 1. The van der Waals surface area contributed by atoms with Crippen molar-refractivity contribution < 1.29 is 4.79 Å². The number of H-pyrrole nitrogens is 1. The molecule has 142 valence electrons. The number of nitrogens with one attached hydrogen (secondary N) is 1. The van der Waals surface area contributed by atoms with E-state index in [0.717, 1.165) is 16.8 Å². The summed E-state index contributed by atoms with van der Waals surface area (Å²) >= 11 is 7.86. The van der Waals surface area contributed by atoms with Gasteiger partial charge in [-0.25, -0.2) is 4.98 Å². The lowest BCUT2D eigenvalue weighted by molar-refractivity contribution is 0.0999. The molecule has 6 nitrogen and oxygen atoms in total. The number of para-hydroxylation sites is 1. The molecule has 0 radical (unpaired) electrons. The molecule has 1 aromatic carbocycles. The number of carbonyl (C=O) groups is 1. The molecule has 0 saturated carbocycles. The maximum absolute atomic E-state index is 12.9. The zero-order chi connectivity index (χ0) is 19.7. The van der Waals surface area contributed by atoms with Crippen molar-refractivity contribution in [1.82, 2.24) is 19.4 Å². The molecule has 0 aliphatic carbocycles. The number of amides is 1. The van der Waals surface area contributed by atoms with Gasteiger partial charge in [-0.1, -0.05) is 23.7 Å². The number of thiazole rings is 1. The summed E-state index contributed by atoms with van der Waals surface area (Å²) in [6, 6.07) is 11.2. The van der Waals surface area contributed by atoms with Crippen molar-refractivity contribution in [3.05, 3.63) is 75.3 Å². The van der Waals surface area contributed by atoms with Gasteiger partial charge in [0.25, 0.3) is 5.91 Å². The Morgan fingerprint density at radius 3 is 2.89 bits per heavy atom. The van der Waals surface area contributed by atoms with Crippen LogP contribution in [-0.4, -0.2) is 39.4 Å². The molecule has 3 aromatic heterocycles. The molecule has 1 amide bonds. The first-order valence-electron chi connectivity index (χ1n) is 8.65. The largest absolute Gasteiger partial charge is 0.345 e. The third-order valence-electron chi connectivity index (χ3n) is 4.23. The van der Waals surface area contributed by atoms with Crippen LogP contribution in [0.4, 0.5) is 0 Å². The summed E-state index contributed by atoms with van der Waals surface area (Å²) in [5.74, 6) is -0.321. The van der Waals surface area contributed by atoms with Crippen LogP contribution in [0.15, 0.2) is 59.2 Å². The van der Waals surface area contributed by atoms with Gasteiger partial charge in [-0.2, -0.15) is 4.99 Å². The van der Waals surface area contributed by atoms with Crippen molar-refractivity contribution in [3.63, 3.8) is 0 Å². The Morgan fingerprint density at radius 1 is 1.29 bits per heavy atom. The van der Waals surface area contributed by atoms with Gasteiger partial charge in [-0.3, -0.25) is 9.36 Å². The molecular weight excluding hydrogens is 394 g/mol. The highest BCUT2D eigenvalue weighted by atomic mass is 35.5. The fraction of sp³-hybridized carbons (Fsp3) is 0.150. The summed E-state index contributed by atoms with van der Waals surface area (Å²) in [5, 5.41) is 3.36. The smallest absolute Gasteiger partial charge is 0.281 e. The molecule has 0 bridgehead atoms. The van der Waals surface area contributed by atoms with E-state index in [4.69, 9.17) is 11.6 Å². The van der Waals surface area contributed by atoms with E-state index in [1.54, 1.807) is 18.5 Å². The van der Waals surface area contributed by atoms with Gasteiger partial charge < -0.3 is 9.88 Å². The molecule has 0 aliphatic rings. The van der Waals surface area contributed by atoms with Crippen LogP contribution in [0.3, 0.4) is 0 Å². The lowest BCUT2D eigenvalue weighted by atomic mass is 10.2. The lowest BCUT2D eigenvalue weighted by Crippen LogP contribution is -2.21. The highest BCUT2D eigenvalue weighted by Gasteiger charge is 2.15. The highest BCUT2D eigenvalue weighted by Crippen LogP contribution is 2.22. The van der Waals surface area contributed by atoms with E-state index in [0.29, 0.717) is 27.6 Å². The summed E-state index contributed by atoms with van der Waals surface area (Å²) in [5.41, 5.74) is 2.97. The molecule has 4 rings (SSSR count). The number of nitrogens with zero attached hydrogens (tertiary/aromatic N) is 4. The van der Waals surface area contributed by atoms with Gasteiger partial charge in [-0.15, -0.1) is 11.3 Å². The number of hydrogen-bond donors (Lipinski definition) is 1. The molecule has 0 fully saturated rings. The van der Waals surface area contributed by atoms with E-state index in [2.05, 4.69) is 19.9 Å². The minimum Gasteiger partial charge on any atom is -0.345 e. The van der Waals surface area contributed by atoms with Crippen LogP contribution in [0.5, 0.6) is 0 Å². The van der Waals surface area contributed by atoms with Crippen molar-refractivity contribution >= 4 is 39.9 Å². The number of aromatic nitrogens is 3. The number of hydrogen-bond acceptors (Lipinski definition) is 4. The Hall–Kier alpha value is -2.74. The van der Waals surface area contributed by atoms with E-state index in [-0.39, 0.29) is 5.91 Å². The van der Waals surface area contributed by atoms with E-state index in [1.165, 1.54) is 11.3 Å². The van der Waals surface area contributed by atoms with Crippen LogP contribution in [-0.2, 0) is 6.54 Å². The first-order chi connectivity index (χ1) is 13.5. The van der Waals surface area contributed by atoms with Crippen molar-refractivity contribution in [2.24, 2.45) is 4.99 Å². The summed E-state index contributed by atoms with van der Waals surface area (Å²) in [6.07, 6.45) is 3.33. The predicted octanol–water partition coefficient (Wildman–Crippen LogP) is 3.87. The first-order valence-corrected chi connectivity index (χ1v) is 9.90. The summed E-state index contributed by atoms with van der Waals surface area (Å²) in [7, 11) is 3.99. The SMILES string of the molecule is CN(C)Cc1csc(=NC(=O)c2c[nH]c3ncccc23)n1-c1ccccc1Cl. The topological polar surface area (TPSA) is 66.3 Å². The minimum atomic E-state index is -0.321. The van der Waals surface area contributed by atoms with Crippen molar-refractivity contribution in [3.8, 4) is 5.69 Å². The fourth-order valence-electron chi connectivity index (χ4n) is 3.03. The maximum atomic E-state index is 12.9. The number of rotatable bonds is 4. The monoisotopic (exact) mass is 411 g/mol. The Morgan fingerprint density at radius 2 is 2.11 bits per heavy atom. The van der Waals surface area contributed by atoms with Gasteiger partial charge in [0, 0.05) is 35.4 Å². The summed E-state index contributed by atoms with van der Waals surface area (Å²) in [4.78, 5) is 27.2. The number of halogens is 1. The van der Waals surface area contributed by atoms with Gasteiger partial charge in [-0.05, 0) is 38.4 Å². The maximum Gasteiger partial charge on any atom is 0.281 e. The molecular formula is C20H18ClN5OS. The van der Waals surface area contributed by atoms with Crippen LogP contribution in [0.1, 0.15) is 16.1 Å². The Balaban J connectivity index is 1.86. The van der Waals surface area contributed by atoms with Crippen LogP contribution in [0.25, 0.3) is 16.7 Å². The Bertz CT molecular complexity index is 1220. The van der Waals surface area contributed by atoms with Gasteiger partial charge in [0.15, 0.2) is 4.80 Å². The average molecular weight is 412 g/mol. The Kier molecular flexibility index (Phi) is 5.13. The summed E-state index contributed by atoms with van der Waals surface area (Å²) < 4.78 is 1.94. The highest BCUT2D eigenvalue weighted by molar-refractivity contribution is 7.07. The van der Waals surface area contributed by atoms with Crippen LogP contribution in [0.2, 0.25) is 5.02 Å². The number of fused-ring (bicyclic) bond motifs is 1. The average Bonchev–Trinajstić information content (AvgIpc) is 3.26. The van der Waals surface area contributed by atoms with E-state index in [9.17, 15) is 4.79 Å². The molecule has 1 N–H and O–H groups in total. The molecule has 0 unspecified atom stereocenters. The number of benzene rings is 1. The fourth-order valence-corrected chi connectivity index (χ4v) is 4.13. The molecule has 3 heterocycles. The third kappa shape index (κ3) is 3.52. The molecule has 0 saturated heterocycles. The van der Waals surface area contributed by atoms with Gasteiger partial charge >= 0.3 is 0 Å². The molecule has 0 atom stereocenters. The normalized spacial score (nSPS) is 12.2. The molecule has 0 spiro atoms. The standard InChI is InChI=1S/C20H18ClN5OS/c1-25(2)11-13-12-28-20(26(13)17-8-4-3-7-16(17)21)24-19(27)15-10-23-18-14(15)6-5-9-22-18/h3-10,12H,11H2,1-2H3,(H,22,23). The second-order valence-corrected chi connectivity index (χ2v) is 7.80. The lowest BCUT2D eigenvalue weighted by Gasteiger charge is -2.14. The molecule has 8 heteroatoms. The predicted molar refractivity (Wildman–Crippen MR) is 112 cm³/mol. The van der Waals surface area contributed by atoms with Crippen molar-refractivity contribution in [1.29, 1.82) is 0 Å². The van der Waals surface area contributed by atoms with Crippen LogP contribution in [0, 0.1) is 0 Å².